The number of hydrogen-bond donors (Lipinski definition) is 5. The summed E-state index contributed by atoms with van der Waals surface area (Å²) in [5, 5.41) is 36.0. The van der Waals surface area contributed by atoms with Gasteiger partial charge in [-0.3, -0.25) is 0 Å². The highest BCUT2D eigenvalue weighted by molar-refractivity contribution is 7.13. The molecule has 4 rings (SSSR count). The summed E-state index contributed by atoms with van der Waals surface area (Å²) in [5.41, 5.74) is 6.75. The number of nitrogens with two attached hydrogens (primary N) is 1. The Balaban J connectivity index is 0.000000371. The van der Waals surface area contributed by atoms with Crippen molar-refractivity contribution in [2.45, 2.75) is 12.1 Å². The summed E-state index contributed by atoms with van der Waals surface area (Å²) < 4.78 is 11.4. The molecule has 0 aliphatic rings. The predicted molar refractivity (Wildman–Crippen MR) is 131 cm³/mol. The highest BCUT2D eigenvalue weighted by Crippen LogP contribution is 2.31. The normalized spacial score (nSPS) is 11.0. The van der Waals surface area contributed by atoms with Crippen LogP contribution in [0.5, 0.6) is 5.88 Å². The van der Waals surface area contributed by atoms with Gasteiger partial charge in [-0.15, -0.1) is 11.3 Å². The number of aromatic carboxylic acids is 1. The standard InChI is InChI=1S/C21H15NO4S.C4H11NO3/c23-21(24)15-7-5-14(6-8-15)13-26-20-12-16(18-3-1-9-25-18)11-17(22-20)19-4-2-10-27-19;5-4(1-6,2-7)3-8/h1-12H,13H2,(H,23,24);6-8H,1-3,5H2. The van der Waals surface area contributed by atoms with Crippen molar-refractivity contribution in [1.29, 1.82) is 0 Å². The highest BCUT2D eigenvalue weighted by atomic mass is 32.1. The maximum absolute atomic E-state index is 10.9. The van der Waals surface area contributed by atoms with Crippen LogP contribution in [0, 0.1) is 0 Å². The Kier molecular flexibility index (Phi) is 9.12. The number of thiophene rings is 1. The summed E-state index contributed by atoms with van der Waals surface area (Å²) in [6.07, 6.45) is 1.63. The lowest BCUT2D eigenvalue weighted by Gasteiger charge is -2.20. The average molecular weight is 499 g/mol. The van der Waals surface area contributed by atoms with Gasteiger partial charge in [-0.05, 0) is 47.3 Å². The molecule has 184 valence electrons. The number of aliphatic hydroxyl groups is 3. The molecule has 0 unspecified atom stereocenters. The van der Waals surface area contributed by atoms with Gasteiger partial charge in [0.1, 0.15) is 12.4 Å². The van der Waals surface area contributed by atoms with Crippen LogP contribution in [0.25, 0.3) is 21.9 Å². The Morgan fingerprint density at radius 3 is 2.26 bits per heavy atom. The van der Waals surface area contributed by atoms with Gasteiger partial charge < -0.3 is 35.3 Å². The molecule has 9 nitrogen and oxygen atoms in total. The Labute approximate surface area is 205 Å². The molecule has 0 aliphatic carbocycles. The second-order valence-electron chi connectivity index (χ2n) is 7.66. The van der Waals surface area contributed by atoms with E-state index in [1.807, 2.05) is 41.8 Å². The van der Waals surface area contributed by atoms with E-state index >= 15 is 0 Å². The molecule has 0 aliphatic heterocycles. The smallest absolute Gasteiger partial charge is 0.335 e. The first-order valence-electron chi connectivity index (χ1n) is 10.5. The lowest BCUT2D eigenvalue weighted by molar-refractivity contribution is 0.0692. The molecule has 0 fully saturated rings. The minimum absolute atomic E-state index is 0.247. The molecule has 0 atom stereocenters. The quantitative estimate of drug-likeness (QED) is 0.234. The Hall–Kier alpha value is -3.54. The van der Waals surface area contributed by atoms with Crippen molar-refractivity contribution in [2.24, 2.45) is 5.73 Å². The van der Waals surface area contributed by atoms with E-state index in [0.717, 1.165) is 27.5 Å². The molecule has 1 aromatic carbocycles. The number of aliphatic hydroxyl groups excluding tert-OH is 3. The van der Waals surface area contributed by atoms with Gasteiger partial charge in [0.25, 0.3) is 0 Å². The van der Waals surface area contributed by atoms with Gasteiger partial charge in [0.05, 0.1) is 47.8 Å². The van der Waals surface area contributed by atoms with E-state index < -0.39 is 31.3 Å². The maximum Gasteiger partial charge on any atom is 0.335 e. The number of benzene rings is 1. The minimum Gasteiger partial charge on any atom is -0.478 e. The zero-order valence-electron chi connectivity index (χ0n) is 18.7. The van der Waals surface area contributed by atoms with Crippen LogP contribution in [-0.2, 0) is 6.61 Å². The molecule has 3 aromatic heterocycles. The summed E-state index contributed by atoms with van der Waals surface area (Å²) in [7, 11) is 0. The Morgan fingerprint density at radius 1 is 1.03 bits per heavy atom. The molecular formula is C25H26N2O7S. The topological polar surface area (TPSA) is 159 Å². The van der Waals surface area contributed by atoms with Gasteiger partial charge in [-0.25, -0.2) is 9.78 Å². The van der Waals surface area contributed by atoms with Gasteiger partial charge in [0.15, 0.2) is 0 Å². The Bertz CT molecular complexity index is 1130. The van der Waals surface area contributed by atoms with Crippen LogP contribution >= 0.6 is 11.3 Å². The highest BCUT2D eigenvalue weighted by Gasteiger charge is 2.20. The monoisotopic (exact) mass is 498 g/mol. The summed E-state index contributed by atoms with van der Waals surface area (Å²) in [5.74, 6) is 0.274. The average Bonchev–Trinajstić information content (AvgIpc) is 3.62. The predicted octanol–water partition coefficient (Wildman–Crippen LogP) is 3.01. The molecule has 3 heterocycles. The number of carboxylic acid groups (broad SMARTS) is 1. The van der Waals surface area contributed by atoms with Gasteiger partial charge in [-0.1, -0.05) is 18.2 Å². The van der Waals surface area contributed by atoms with Gasteiger partial charge in [-0.2, -0.15) is 0 Å². The molecular weight excluding hydrogens is 472 g/mol. The number of carboxylic acids is 1. The van der Waals surface area contributed by atoms with Crippen LogP contribution in [0.2, 0.25) is 0 Å². The van der Waals surface area contributed by atoms with E-state index in [4.69, 9.17) is 35.3 Å². The SMILES string of the molecule is NC(CO)(CO)CO.O=C(O)c1ccc(COc2cc(-c3ccco3)cc(-c3cccs3)n2)cc1. The van der Waals surface area contributed by atoms with Crippen molar-refractivity contribution in [1.82, 2.24) is 4.98 Å². The molecule has 35 heavy (non-hydrogen) atoms. The molecule has 0 radical (unpaired) electrons. The second-order valence-corrected chi connectivity index (χ2v) is 8.61. The fraction of sp³-hybridized carbons (Fsp3) is 0.200. The molecule has 0 bridgehead atoms. The van der Waals surface area contributed by atoms with Gasteiger partial charge in [0.2, 0.25) is 5.88 Å². The molecule has 0 saturated carbocycles. The summed E-state index contributed by atoms with van der Waals surface area (Å²) in [4.78, 5) is 16.6. The molecule has 0 saturated heterocycles. The zero-order chi connectivity index (χ0) is 25.3. The van der Waals surface area contributed by atoms with Crippen molar-refractivity contribution in [3.05, 3.63) is 83.4 Å². The first-order chi connectivity index (χ1) is 16.9. The summed E-state index contributed by atoms with van der Waals surface area (Å²) in [6, 6.07) is 18.1. The molecule has 10 heteroatoms. The zero-order valence-corrected chi connectivity index (χ0v) is 19.5. The number of aromatic nitrogens is 1. The number of rotatable bonds is 9. The maximum atomic E-state index is 10.9. The van der Waals surface area contributed by atoms with Gasteiger partial charge >= 0.3 is 5.97 Å². The fourth-order valence-electron chi connectivity index (χ4n) is 2.77. The number of carbonyl (C=O) groups is 1. The third-order valence-corrected chi connectivity index (χ3v) is 5.81. The lowest BCUT2D eigenvalue weighted by atomic mass is 10.1. The van der Waals surface area contributed by atoms with Crippen LogP contribution in [0.15, 0.2) is 76.7 Å². The van der Waals surface area contributed by atoms with E-state index in [2.05, 4.69) is 4.98 Å². The minimum atomic E-state index is -1.21. The summed E-state index contributed by atoms with van der Waals surface area (Å²) in [6.45, 7) is -0.918. The first kappa shape index (κ1) is 26.1. The van der Waals surface area contributed by atoms with Crippen molar-refractivity contribution >= 4 is 17.3 Å². The molecule has 6 N–H and O–H groups in total. The fourth-order valence-corrected chi connectivity index (χ4v) is 3.45. The third-order valence-electron chi connectivity index (χ3n) is 4.91. The molecule has 4 aromatic rings. The van der Waals surface area contributed by atoms with Crippen LogP contribution in [-0.4, -0.2) is 56.7 Å². The lowest BCUT2D eigenvalue weighted by Crippen LogP contribution is -2.50. The third kappa shape index (κ3) is 7.22. The van der Waals surface area contributed by atoms with Crippen molar-refractivity contribution in [3.63, 3.8) is 0 Å². The molecule has 0 amide bonds. The van der Waals surface area contributed by atoms with Gasteiger partial charge in [0, 0.05) is 11.6 Å². The number of pyridine rings is 1. The van der Waals surface area contributed by atoms with Crippen LogP contribution in [0.3, 0.4) is 0 Å². The van der Waals surface area contributed by atoms with Crippen molar-refractivity contribution in [2.75, 3.05) is 19.8 Å². The summed E-state index contributed by atoms with van der Waals surface area (Å²) >= 11 is 1.61. The largest absolute Gasteiger partial charge is 0.478 e. The Morgan fingerprint density at radius 2 is 1.74 bits per heavy atom. The van der Waals surface area contributed by atoms with E-state index in [9.17, 15) is 4.79 Å². The number of hydrogen-bond acceptors (Lipinski definition) is 9. The number of nitrogens with zero attached hydrogens (tertiary/aromatic N) is 1. The van der Waals surface area contributed by atoms with Crippen LogP contribution in [0.1, 0.15) is 15.9 Å². The first-order valence-corrected chi connectivity index (χ1v) is 11.4. The van der Waals surface area contributed by atoms with E-state index in [-0.39, 0.29) is 5.56 Å². The van der Waals surface area contributed by atoms with Crippen LogP contribution < -0.4 is 10.5 Å². The van der Waals surface area contributed by atoms with E-state index in [1.54, 1.807) is 41.9 Å². The van der Waals surface area contributed by atoms with E-state index in [0.29, 0.717) is 12.5 Å². The number of ether oxygens (including phenoxy) is 1. The number of furan rings is 1. The van der Waals surface area contributed by atoms with Crippen LogP contribution in [0.4, 0.5) is 0 Å². The van der Waals surface area contributed by atoms with Crippen molar-refractivity contribution < 1.29 is 34.4 Å². The van der Waals surface area contributed by atoms with Crippen molar-refractivity contribution in [3.8, 4) is 27.8 Å². The second kappa shape index (κ2) is 12.2. The molecule has 0 spiro atoms. The van der Waals surface area contributed by atoms with E-state index in [1.165, 1.54) is 0 Å².